The van der Waals surface area contributed by atoms with E-state index in [0.29, 0.717) is 16.9 Å². The van der Waals surface area contributed by atoms with Crippen molar-refractivity contribution in [3.8, 4) is 0 Å². The molecule has 0 saturated carbocycles. The molecule has 0 bridgehead atoms. The molecular weight excluding hydrogens is 235 g/mol. The van der Waals surface area contributed by atoms with Crippen molar-refractivity contribution in [3.05, 3.63) is 53.9 Å². The molecule has 0 aliphatic rings. The van der Waals surface area contributed by atoms with Crippen LogP contribution in [0.5, 0.6) is 0 Å². The van der Waals surface area contributed by atoms with Crippen LogP contribution in [0.15, 0.2) is 36.8 Å². The molecule has 18 heavy (non-hydrogen) atoms. The summed E-state index contributed by atoms with van der Waals surface area (Å²) in [5.41, 5.74) is 6.76. The monoisotopic (exact) mass is 246 g/mol. The highest BCUT2D eigenvalue weighted by atomic mass is 19.1. The summed E-state index contributed by atoms with van der Waals surface area (Å²) >= 11 is 0. The molecule has 2 aromatic heterocycles. The highest BCUT2D eigenvalue weighted by Gasteiger charge is 2.07. The van der Waals surface area contributed by atoms with Crippen molar-refractivity contribution in [2.45, 2.75) is 6.54 Å². The predicted octanol–water partition coefficient (Wildman–Crippen LogP) is 1.33. The van der Waals surface area contributed by atoms with Gasteiger partial charge >= 0.3 is 0 Å². The summed E-state index contributed by atoms with van der Waals surface area (Å²) in [5, 5.41) is 2.54. The minimum atomic E-state index is -0.509. The van der Waals surface area contributed by atoms with Gasteiger partial charge in [0.2, 0.25) is 0 Å². The van der Waals surface area contributed by atoms with Crippen molar-refractivity contribution in [2.24, 2.45) is 5.73 Å². The third-order valence-corrected chi connectivity index (χ3v) is 2.25. The van der Waals surface area contributed by atoms with Crippen molar-refractivity contribution < 1.29 is 9.18 Å². The molecule has 92 valence electrons. The van der Waals surface area contributed by atoms with E-state index < -0.39 is 5.82 Å². The molecule has 2 aromatic rings. The van der Waals surface area contributed by atoms with Crippen LogP contribution in [0, 0.1) is 5.82 Å². The van der Waals surface area contributed by atoms with Crippen LogP contribution >= 0.6 is 0 Å². The Morgan fingerprint density at radius 2 is 2.22 bits per heavy atom. The zero-order valence-corrected chi connectivity index (χ0v) is 9.43. The average molecular weight is 246 g/mol. The summed E-state index contributed by atoms with van der Waals surface area (Å²) in [6, 6.07) is 4.33. The van der Waals surface area contributed by atoms with Crippen LogP contribution in [0.25, 0.3) is 0 Å². The second kappa shape index (κ2) is 5.33. The maximum atomic E-state index is 12.9. The SMILES string of the molecule is NCc1cc(C(=O)Nc2cncc(F)c2)ccn1. The Morgan fingerprint density at radius 3 is 2.94 bits per heavy atom. The van der Waals surface area contributed by atoms with E-state index in [9.17, 15) is 9.18 Å². The van der Waals surface area contributed by atoms with Crippen molar-refractivity contribution in [2.75, 3.05) is 5.32 Å². The number of hydrogen-bond donors (Lipinski definition) is 2. The van der Waals surface area contributed by atoms with Gasteiger partial charge in [-0.1, -0.05) is 0 Å². The molecule has 0 unspecified atom stereocenters. The van der Waals surface area contributed by atoms with Crippen molar-refractivity contribution in [1.29, 1.82) is 0 Å². The Balaban J connectivity index is 2.16. The van der Waals surface area contributed by atoms with Gasteiger partial charge in [-0.3, -0.25) is 14.8 Å². The summed E-state index contributed by atoms with van der Waals surface area (Å²) in [7, 11) is 0. The number of carbonyl (C=O) groups excluding carboxylic acids is 1. The fraction of sp³-hybridized carbons (Fsp3) is 0.0833. The van der Waals surface area contributed by atoms with Gasteiger partial charge in [-0.05, 0) is 12.1 Å². The number of rotatable bonds is 3. The zero-order valence-electron chi connectivity index (χ0n) is 9.43. The lowest BCUT2D eigenvalue weighted by atomic mass is 10.2. The van der Waals surface area contributed by atoms with Gasteiger partial charge in [-0.2, -0.15) is 0 Å². The number of hydrogen-bond acceptors (Lipinski definition) is 4. The fourth-order valence-corrected chi connectivity index (χ4v) is 1.41. The highest BCUT2D eigenvalue weighted by molar-refractivity contribution is 6.04. The van der Waals surface area contributed by atoms with Crippen molar-refractivity contribution in [1.82, 2.24) is 9.97 Å². The fourth-order valence-electron chi connectivity index (χ4n) is 1.41. The highest BCUT2D eigenvalue weighted by Crippen LogP contribution is 2.09. The first-order valence-electron chi connectivity index (χ1n) is 5.26. The third-order valence-electron chi connectivity index (χ3n) is 2.25. The van der Waals surface area contributed by atoms with Crippen LogP contribution in [0.2, 0.25) is 0 Å². The number of anilines is 1. The van der Waals surface area contributed by atoms with E-state index in [2.05, 4.69) is 15.3 Å². The van der Waals surface area contributed by atoms with Gasteiger partial charge < -0.3 is 11.1 Å². The molecule has 0 atom stereocenters. The molecule has 1 amide bonds. The molecule has 2 heterocycles. The second-order valence-electron chi connectivity index (χ2n) is 3.59. The number of halogens is 1. The first-order valence-corrected chi connectivity index (χ1v) is 5.26. The zero-order chi connectivity index (χ0) is 13.0. The maximum absolute atomic E-state index is 12.9. The van der Waals surface area contributed by atoms with Crippen LogP contribution in [0.1, 0.15) is 16.1 Å². The van der Waals surface area contributed by atoms with Gasteiger partial charge in [0.15, 0.2) is 0 Å². The van der Waals surface area contributed by atoms with Gasteiger partial charge in [0.25, 0.3) is 5.91 Å². The van der Waals surface area contributed by atoms with E-state index >= 15 is 0 Å². The molecule has 5 nitrogen and oxygen atoms in total. The van der Waals surface area contributed by atoms with Crippen LogP contribution in [-0.4, -0.2) is 15.9 Å². The minimum Gasteiger partial charge on any atom is -0.325 e. The van der Waals surface area contributed by atoms with Crippen molar-refractivity contribution in [3.63, 3.8) is 0 Å². The molecular formula is C12H11FN4O. The third kappa shape index (κ3) is 2.86. The Hall–Kier alpha value is -2.34. The van der Waals surface area contributed by atoms with Gasteiger partial charge in [0, 0.05) is 24.4 Å². The average Bonchev–Trinajstić information content (AvgIpc) is 2.39. The molecule has 2 rings (SSSR count). The van der Waals surface area contributed by atoms with Gasteiger partial charge in [-0.15, -0.1) is 0 Å². The molecule has 0 saturated heterocycles. The summed E-state index contributed by atoms with van der Waals surface area (Å²) in [5.74, 6) is -0.871. The molecule has 0 fully saturated rings. The summed E-state index contributed by atoms with van der Waals surface area (Å²) in [6.07, 6.45) is 3.93. The van der Waals surface area contributed by atoms with E-state index in [1.807, 2.05) is 0 Å². The molecule has 0 aromatic carbocycles. The normalized spacial score (nSPS) is 10.1. The van der Waals surface area contributed by atoms with E-state index in [0.717, 1.165) is 6.20 Å². The topological polar surface area (TPSA) is 80.9 Å². The lowest BCUT2D eigenvalue weighted by Gasteiger charge is -2.05. The van der Waals surface area contributed by atoms with Crippen LogP contribution in [0.4, 0.5) is 10.1 Å². The van der Waals surface area contributed by atoms with E-state index in [1.54, 1.807) is 12.1 Å². The molecule has 0 aliphatic heterocycles. The van der Waals surface area contributed by atoms with Crippen LogP contribution in [-0.2, 0) is 6.54 Å². The Kier molecular flexibility index (Phi) is 3.59. The summed E-state index contributed by atoms with van der Waals surface area (Å²) < 4.78 is 12.9. The lowest BCUT2D eigenvalue weighted by Crippen LogP contribution is -2.13. The number of carbonyl (C=O) groups is 1. The first-order chi connectivity index (χ1) is 8.69. The molecule has 6 heteroatoms. The second-order valence-corrected chi connectivity index (χ2v) is 3.59. The first kappa shape index (κ1) is 12.1. The quantitative estimate of drug-likeness (QED) is 0.856. The summed E-state index contributed by atoms with van der Waals surface area (Å²) in [4.78, 5) is 19.5. The smallest absolute Gasteiger partial charge is 0.255 e. The number of aromatic nitrogens is 2. The van der Waals surface area contributed by atoms with Gasteiger partial charge in [-0.25, -0.2) is 4.39 Å². The van der Waals surface area contributed by atoms with Gasteiger partial charge in [0.1, 0.15) is 5.82 Å². The number of nitrogens with zero attached hydrogens (tertiary/aromatic N) is 2. The molecule has 3 N–H and O–H groups in total. The Morgan fingerprint density at radius 1 is 1.39 bits per heavy atom. The van der Waals surface area contributed by atoms with Crippen molar-refractivity contribution >= 4 is 11.6 Å². The van der Waals surface area contributed by atoms with E-state index in [-0.39, 0.29) is 12.5 Å². The number of nitrogens with one attached hydrogen (secondary N) is 1. The summed E-state index contributed by atoms with van der Waals surface area (Å²) in [6.45, 7) is 0.253. The van der Waals surface area contributed by atoms with Crippen LogP contribution in [0.3, 0.4) is 0 Å². The Labute approximate surface area is 103 Å². The molecule has 0 spiro atoms. The van der Waals surface area contributed by atoms with E-state index in [4.69, 9.17) is 5.73 Å². The lowest BCUT2D eigenvalue weighted by molar-refractivity contribution is 0.102. The molecule has 0 aliphatic carbocycles. The number of nitrogens with two attached hydrogens (primary N) is 1. The van der Waals surface area contributed by atoms with Gasteiger partial charge in [0.05, 0.1) is 23.8 Å². The van der Waals surface area contributed by atoms with E-state index in [1.165, 1.54) is 18.5 Å². The largest absolute Gasteiger partial charge is 0.325 e. The van der Waals surface area contributed by atoms with Crippen LogP contribution < -0.4 is 11.1 Å². The predicted molar refractivity (Wildman–Crippen MR) is 64.3 cm³/mol. The number of amides is 1. The maximum Gasteiger partial charge on any atom is 0.255 e. The molecule has 0 radical (unpaired) electrons. The standard InChI is InChI=1S/C12H11FN4O/c13-9-4-11(7-15-6-9)17-12(18)8-1-2-16-10(3-8)5-14/h1-4,6-7H,5,14H2,(H,17,18). The minimum absolute atomic E-state index is 0.253. The number of pyridine rings is 2. The Bertz CT molecular complexity index is 574.